The molecule has 11 heteroatoms. The summed E-state index contributed by atoms with van der Waals surface area (Å²) < 4.78 is 94.9. The van der Waals surface area contributed by atoms with E-state index in [1.165, 1.54) is 19.1 Å². The Kier molecular flexibility index (Phi) is 5.48. The zero-order valence-corrected chi connectivity index (χ0v) is 18.5. The third-order valence-corrected chi connectivity index (χ3v) is 6.73. The molecule has 1 aliphatic rings. The molecule has 3 aromatic rings. The van der Waals surface area contributed by atoms with Crippen molar-refractivity contribution in [3.05, 3.63) is 57.6 Å². The zero-order chi connectivity index (χ0) is 23.6. The summed E-state index contributed by atoms with van der Waals surface area (Å²) in [6.45, 7) is 2.22. The van der Waals surface area contributed by atoms with E-state index in [0.717, 1.165) is 26.2 Å². The fourth-order valence-corrected chi connectivity index (χ4v) is 4.54. The fourth-order valence-electron chi connectivity index (χ4n) is 4.21. The lowest BCUT2D eigenvalue weighted by Gasteiger charge is -2.32. The van der Waals surface area contributed by atoms with E-state index < -0.39 is 52.9 Å². The molecule has 2 aromatic carbocycles. The van der Waals surface area contributed by atoms with E-state index in [1.807, 2.05) is 0 Å². The summed E-state index contributed by atoms with van der Waals surface area (Å²) in [5, 5.41) is 0. The van der Waals surface area contributed by atoms with Crippen molar-refractivity contribution in [2.45, 2.75) is 37.6 Å². The predicted molar refractivity (Wildman–Crippen MR) is 107 cm³/mol. The monoisotopic (exact) mass is 522 g/mol. The Bertz CT molecular complexity index is 1160. The second kappa shape index (κ2) is 7.65. The maximum absolute atomic E-state index is 14.4. The van der Waals surface area contributed by atoms with Crippen molar-refractivity contribution in [3.8, 4) is 5.75 Å². The molecule has 4 atom stereocenters. The first-order valence-electron chi connectivity index (χ1n) is 9.50. The summed E-state index contributed by atoms with van der Waals surface area (Å²) in [5.74, 6) is -5.96. The van der Waals surface area contributed by atoms with Gasteiger partial charge in [-0.25, -0.2) is 13.8 Å². The number of methoxy groups -OCH3 is 1. The summed E-state index contributed by atoms with van der Waals surface area (Å²) in [4.78, 5) is 7.10. The molecular weight excluding hydrogens is 506 g/mol. The minimum absolute atomic E-state index is 0.00434. The molecule has 2 heterocycles. The van der Waals surface area contributed by atoms with Crippen LogP contribution in [0.3, 0.4) is 0 Å². The van der Waals surface area contributed by atoms with Gasteiger partial charge in [-0.2, -0.15) is 17.6 Å². The normalized spacial score (nSPS) is 26.1. The molecule has 0 aliphatic carbocycles. The lowest BCUT2D eigenvalue weighted by atomic mass is 9.77. The number of nitrogens with one attached hydrogen (secondary N) is 1. The van der Waals surface area contributed by atoms with E-state index in [4.69, 9.17) is 9.47 Å². The molecule has 1 fully saturated rings. The van der Waals surface area contributed by atoms with Gasteiger partial charge >= 0.3 is 6.18 Å². The summed E-state index contributed by atoms with van der Waals surface area (Å²) >= 11 is 3.04. The third-order valence-electron chi connectivity index (χ3n) is 6.12. The first-order chi connectivity index (χ1) is 14.9. The van der Waals surface area contributed by atoms with Crippen molar-refractivity contribution < 1.29 is 35.8 Å². The van der Waals surface area contributed by atoms with Gasteiger partial charge in [0.25, 0.3) is 0 Å². The van der Waals surface area contributed by atoms with Gasteiger partial charge < -0.3 is 14.5 Å². The minimum Gasteiger partial charge on any atom is -0.493 e. The Morgan fingerprint density at radius 2 is 1.84 bits per heavy atom. The molecule has 0 bridgehead atoms. The molecule has 1 aromatic heterocycles. The average molecular weight is 523 g/mol. The van der Waals surface area contributed by atoms with E-state index in [0.29, 0.717) is 5.52 Å². The Balaban J connectivity index is 1.92. The molecule has 0 amide bonds. The Hall–Kier alpha value is -2.27. The number of H-pyrrole nitrogens is 1. The summed E-state index contributed by atoms with van der Waals surface area (Å²) in [6.07, 6.45) is -6.10. The van der Waals surface area contributed by atoms with Gasteiger partial charge in [-0.15, -0.1) is 0 Å². The van der Waals surface area contributed by atoms with Gasteiger partial charge in [0.1, 0.15) is 17.7 Å². The Labute approximate surface area is 187 Å². The van der Waals surface area contributed by atoms with E-state index in [2.05, 4.69) is 25.9 Å². The SMILES string of the molecule is COc1c([C@H]2[C@H](c3nc4cc(Br)c(F)cc4[nH]3)O[C@@](C)(C(F)(F)F)[C@H]2C)ccc(F)c1F. The maximum Gasteiger partial charge on any atom is 0.417 e. The molecule has 172 valence electrons. The summed E-state index contributed by atoms with van der Waals surface area (Å²) in [6, 6.07) is 4.52. The van der Waals surface area contributed by atoms with Crippen LogP contribution in [0.2, 0.25) is 0 Å². The van der Waals surface area contributed by atoms with Crippen LogP contribution in [0.25, 0.3) is 11.0 Å². The second-order valence-electron chi connectivity index (χ2n) is 7.85. The number of alkyl halides is 3. The number of imidazole rings is 1. The fraction of sp³-hybridized carbons (Fsp3) is 0.381. The van der Waals surface area contributed by atoms with Crippen LogP contribution in [0.4, 0.5) is 26.3 Å². The van der Waals surface area contributed by atoms with E-state index in [1.54, 1.807) is 0 Å². The quantitative estimate of drug-likeness (QED) is 0.396. The molecule has 1 saturated heterocycles. The van der Waals surface area contributed by atoms with Crippen molar-refractivity contribution in [3.63, 3.8) is 0 Å². The van der Waals surface area contributed by atoms with Crippen molar-refractivity contribution in [1.82, 2.24) is 9.97 Å². The molecular formula is C21H17BrF6N2O2. The lowest BCUT2D eigenvalue weighted by molar-refractivity contribution is -0.275. The maximum atomic E-state index is 14.4. The largest absolute Gasteiger partial charge is 0.493 e. The number of aromatic nitrogens is 2. The van der Waals surface area contributed by atoms with Gasteiger partial charge in [0.15, 0.2) is 17.2 Å². The Morgan fingerprint density at radius 1 is 1.16 bits per heavy atom. The van der Waals surface area contributed by atoms with E-state index in [-0.39, 0.29) is 21.4 Å². The number of fused-ring (bicyclic) bond motifs is 1. The van der Waals surface area contributed by atoms with Crippen molar-refractivity contribution in [2.24, 2.45) is 5.92 Å². The van der Waals surface area contributed by atoms with Gasteiger partial charge in [0.05, 0.1) is 22.6 Å². The number of aromatic amines is 1. The molecule has 4 nitrogen and oxygen atoms in total. The highest BCUT2D eigenvalue weighted by atomic mass is 79.9. The van der Waals surface area contributed by atoms with Crippen LogP contribution in [0.5, 0.6) is 5.75 Å². The molecule has 0 saturated carbocycles. The molecule has 0 radical (unpaired) electrons. The number of nitrogens with zero attached hydrogens (tertiary/aromatic N) is 1. The van der Waals surface area contributed by atoms with Crippen molar-refractivity contribution in [2.75, 3.05) is 7.11 Å². The number of hydrogen-bond acceptors (Lipinski definition) is 3. The van der Waals surface area contributed by atoms with Gasteiger partial charge in [-0.3, -0.25) is 0 Å². The first kappa shape index (κ1) is 22.9. The lowest BCUT2D eigenvalue weighted by Crippen LogP contribution is -2.46. The number of rotatable bonds is 3. The highest BCUT2D eigenvalue weighted by Gasteiger charge is 2.65. The molecule has 1 N–H and O–H groups in total. The van der Waals surface area contributed by atoms with E-state index >= 15 is 0 Å². The first-order valence-corrected chi connectivity index (χ1v) is 10.3. The smallest absolute Gasteiger partial charge is 0.417 e. The van der Waals surface area contributed by atoms with Crippen LogP contribution in [0, 0.1) is 23.4 Å². The van der Waals surface area contributed by atoms with Crippen LogP contribution < -0.4 is 4.74 Å². The molecule has 4 rings (SSSR count). The highest BCUT2D eigenvalue weighted by Crippen LogP contribution is 2.59. The summed E-state index contributed by atoms with van der Waals surface area (Å²) in [5.41, 5.74) is -2.08. The zero-order valence-electron chi connectivity index (χ0n) is 17.0. The van der Waals surface area contributed by atoms with Gasteiger partial charge in [-0.1, -0.05) is 13.0 Å². The summed E-state index contributed by atoms with van der Waals surface area (Å²) in [7, 11) is 1.10. The van der Waals surface area contributed by atoms with E-state index in [9.17, 15) is 26.3 Å². The second-order valence-corrected chi connectivity index (χ2v) is 8.70. The third kappa shape index (κ3) is 3.37. The Morgan fingerprint density at radius 3 is 2.47 bits per heavy atom. The van der Waals surface area contributed by atoms with Crippen LogP contribution in [-0.2, 0) is 4.74 Å². The molecule has 32 heavy (non-hydrogen) atoms. The van der Waals surface area contributed by atoms with Crippen LogP contribution in [0.15, 0.2) is 28.7 Å². The number of benzene rings is 2. The number of ether oxygens (including phenoxy) is 2. The average Bonchev–Trinajstić information content (AvgIpc) is 3.23. The van der Waals surface area contributed by atoms with Gasteiger partial charge in [0.2, 0.25) is 5.82 Å². The van der Waals surface area contributed by atoms with Crippen molar-refractivity contribution >= 4 is 27.0 Å². The minimum atomic E-state index is -4.77. The van der Waals surface area contributed by atoms with Crippen molar-refractivity contribution in [1.29, 1.82) is 0 Å². The molecule has 1 aliphatic heterocycles. The van der Waals surface area contributed by atoms with Gasteiger partial charge in [-0.05, 0) is 35.0 Å². The number of halogens is 7. The highest BCUT2D eigenvalue weighted by molar-refractivity contribution is 9.10. The molecule has 0 spiro atoms. The topological polar surface area (TPSA) is 47.1 Å². The molecule has 0 unspecified atom stereocenters. The van der Waals surface area contributed by atoms with Crippen LogP contribution in [0.1, 0.15) is 37.3 Å². The van der Waals surface area contributed by atoms with Gasteiger partial charge in [0, 0.05) is 23.5 Å². The van der Waals surface area contributed by atoms with Crippen LogP contribution >= 0.6 is 15.9 Å². The number of hydrogen-bond donors (Lipinski definition) is 1. The standard InChI is InChI=1S/C21H17BrF6N2O2/c1-8-15(9-4-5-11(23)16(25)17(9)31-3)18(32-20(8,2)21(26,27)28)19-29-13-6-10(22)12(24)7-14(13)30-19/h4-8,15,18H,1-3H3,(H,29,30)/t8-,15-,18+,20+/m0/s1. The predicted octanol–water partition coefficient (Wildman–Crippen LogP) is 6.56. The van der Waals surface area contributed by atoms with Crippen LogP contribution in [-0.4, -0.2) is 28.9 Å².